The molecule has 0 aliphatic rings. The summed E-state index contributed by atoms with van der Waals surface area (Å²) in [5.41, 5.74) is 3.66. The minimum Gasteiger partial charge on any atom is -0.394 e. The molecule has 0 aliphatic heterocycles. The van der Waals surface area contributed by atoms with Crippen LogP contribution in [0.2, 0.25) is 0 Å². The summed E-state index contributed by atoms with van der Waals surface area (Å²) >= 11 is 0. The molecule has 2 heteroatoms. The average Bonchev–Trinajstić information content (AvgIpc) is 2.46. The van der Waals surface area contributed by atoms with Gasteiger partial charge in [0.15, 0.2) is 0 Å². The van der Waals surface area contributed by atoms with E-state index in [1.165, 1.54) is 11.1 Å². The van der Waals surface area contributed by atoms with Crippen LogP contribution in [0.3, 0.4) is 0 Å². The Labute approximate surface area is 115 Å². The molecule has 0 spiro atoms. The second kappa shape index (κ2) is 6.50. The third-order valence-corrected chi connectivity index (χ3v) is 3.49. The van der Waals surface area contributed by atoms with Crippen molar-refractivity contribution >= 4 is 0 Å². The van der Waals surface area contributed by atoms with Crippen molar-refractivity contribution in [3.05, 3.63) is 71.3 Å². The standard InChI is InChI=1S/C17H21NO/c1-13-8-6-7-11-16(13)14(2)18-17(12-19)15-9-4-3-5-10-15/h3-11,14,17-19H,12H2,1-2H3. The fraction of sp³-hybridized carbons (Fsp3) is 0.294. The molecular formula is C17H21NO. The Hall–Kier alpha value is -1.64. The van der Waals surface area contributed by atoms with Crippen LogP contribution in [0.25, 0.3) is 0 Å². The van der Waals surface area contributed by atoms with Crippen LogP contribution in [0.5, 0.6) is 0 Å². The van der Waals surface area contributed by atoms with Crippen molar-refractivity contribution in [2.45, 2.75) is 25.9 Å². The maximum atomic E-state index is 9.58. The molecule has 0 saturated carbocycles. The zero-order chi connectivity index (χ0) is 13.7. The summed E-state index contributed by atoms with van der Waals surface area (Å²) in [5.74, 6) is 0. The SMILES string of the molecule is Cc1ccccc1C(C)NC(CO)c1ccccc1. The number of rotatable bonds is 5. The van der Waals surface area contributed by atoms with Gasteiger partial charge in [-0.15, -0.1) is 0 Å². The monoisotopic (exact) mass is 255 g/mol. The number of hydrogen-bond donors (Lipinski definition) is 2. The van der Waals surface area contributed by atoms with Gasteiger partial charge in [-0.3, -0.25) is 0 Å². The third kappa shape index (κ3) is 3.43. The van der Waals surface area contributed by atoms with Crippen LogP contribution in [0.4, 0.5) is 0 Å². The molecule has 2 N–H and O–H groups in total. The zero-order valence-electron chi connectivity index (χ0n) is 11.5. The molecule has 2 aromatic carbocycles. The Balaban J connectivity index is 2.13. The van der Waals surface area contributed by atoms with Gasteiger partial charge in [0.25, 0.3) is 0 Å². The second-order valence-electron chi connectivity index (χ2n) is 4.89. The molecule has 0 aromatic heterocycles. The van der Waals surface area contributed by atoms with Gasteiger partial charge in [-0.1, -0.05) is 54.6 Å². The van der Waals surface area contributed by atoms with Crippen LogP contribution in [0.1, 0.15) is 35.7 Å². The molecule has 2 aromatic rings. The molecule has 0 fully saturated rings. The maximum absolute atomic E-state index is 9.58. The van der Waals surface area contributed by atoms with Gasteiger partial charge < -0.3 is 10.4 Å². The number of hydrogen-bond acceptors (Lipinski definition) is 2. The van der Waals surface area contributed by atoms with E-state index in [0.717, 1.165) is 5.56 Å². The summed E-state index contributed by atoms with van der Waals surface area (Å²) in [4.78, 5) is 0. The number of aliphatic hydroxyl groups excluding tert-OH is 1. The van der Waals surface area contributed by atoms with Gasteiger partial charge in [-0.25, -0.2) is 0 Å². The van der Waals surface area contributed by atoms with E-state index in [1.807, 2.05) is 36.4 Å². The van der Waals surface area contributed by atoms with E-state index in [1.54, 1.807) is 0 Å². The first kappa shape index (κ1) is 13.8. The van der Waals surface area contributed by atoms with Crippen molar-refractivity contribution in [2.24, 2.45) is 0 Å². The number of nitrogens with one attached hydrogen (secondary N) is 1. The minimum absolute atomic E-state index is 0.0317. The Kier molecular flexibility index (Phi) is 4.72. The maximum Gasteiger partial charge on any atom is 0.0626 e. The van der Waals surface area contributed by atoms with Gasteiger partial charge in [-0.05, 0) is 30.5 Å². The summed E-state index contributed by atoms with van der Waals surface area (Å²) in [6.07, 6.45) is 0. The summed E-state index contributed by atoms with van der Waals surface area (Å²) in [7, 11) is 0. The Morgan fingerprint density at radius 2 is 1.63 bits per heavy atom. The first-order chi connectivity index (χ1) is 9.22. The summed E-state index contributed by atoms with van der Waals surface area (Å²) in [5, 5.41) is 13.1. The molecule has 0 saturated heterocycles. The van der Waals surface area contributed by atoms with E-state index in [9.17, 15) is 5.11 Å². The van der Waals surface area contributed by atoms with E-state index < -0.39 is 0 Å². The van der Waals surface area contributed by atoms with Crippen LogP contribution in [0, 0.1) is 6.92 Å². The molecule has 2 atom stereocenters. The zero-order valence-corrected chi connectivity index (χ0v) is 11.5. The predicted octanol–water partition coefficient (Wildman–Crippen LogP) is 3.38. The molecule has 19 heavy (non-hydrogen) atoms. The van der Waals surface area contributed by atoms with E-state index in [4.69, 9.17) is 0 Å². The lowest BCUT2D eigenvalue weighted by atomic mass is 10.0. The fourth-order valence-electron chi connectivity index (χ4n) is 2.40. The lowest BCUT2D eigenvalue weighted by Crippen LogP contribution is -2.27. The molecule has 0 aliphatic carbocycles. The molecule has 0 heterocycles. The van der Waals surface area contributed by atoms with Crippen LogP contribution in [-0.4, -0.2) is 11.7 Å². The molecule has 0 radical (unpaired) electrons. The van der Waals surface area contributed by atoms with Gasteiger partial charge in [0.1, 0.15) is 0 Å². The highest BCUT2D eigenvalue weighted by atomic mass is 16.3. The van der Waals surface area contributed by atoms with Gasteiger partial charge in [-0.2, -0.15) is 0 Å². The van der Waals surface area contributed by atoms with Gasteiger partial charge in [0, 0.05) is 6.04 Å². The van der Waals surface area contributed by atoms with Crippen LogP contribution < -0.4 is 5.32 Å². The highest BCUT2D eigenvalue weighted by Gasteiger charge is 2.15. The largest absolute Gasteiger partial charge is 0.394 e. The van der Waals surface area contributed by atoms with Crippen LogP contribution >= 0.6 is 0 Å². The molecule has 100 valence electrons. The van der Waals surface area contributed by atoms with Gasteiger partial charge >= 0.3 is 0 Å². The van der Waals surface area contributed by atoms with Crippen LogP contribution in [-0.2, 0) is 0 Å². The lowest BCUT2D eigenvalue weighted by Gasteiger charge is -2.23. The van der Waals surface area contributed by atoms with Crippen molar-refractivity contribution in [3.8, 4) is 0 Å². The summed E-state index contributed by atoms with van der Waals surface area (Å²) in [6.45, 7) is 4.35. The summed E-state index contributed by atoms with van der Waals surface area (Å²) < 4.78 is 0. The minimum atomic E-state index is -0.0317. The quantitative estimate of drug-likeness (QED) is 0.858. The van der Waals surface area contributed by atoms with E-state index >= 15 is 0 Å². The normalized spacial score (nSPS) is 14.1. The third-order valence-electron chi connectivity index (χ3n) is 3.49. The average molecular weight is 255 g/mol. The van der Waals surface area contributed by atoms with Gasteiger partial charge in [0.05, 0.1) is 12.6 Å². The topological polar surface area (TPSA) is 32.3 Å². The van der Waals surface area contributed by atoms with E-state index in [-0.39, 0.29) is 18.7 Å². The highest BCUT2D eigenvalue weighted by Crippen LogP contribution is 2.21. The molecule has 2 nitrogen and oxygen atoms in total. The molecular weight excluding hydrogens is 234 g/mol. The molecule has 0 bridgehead atoms. The Morgan fingerprint density at radius 3 is 2.26 bits per heavy atom. The van der Waals surface area contributed by atoms with E-state index in [0.29, 0.717) is 0 Å². The lowest BCUT2D eigenvalue weighted by molar-refractivity contribution is 0.235. The van der Waals surface area contributed by atoms with Crippen molar-refractivity contribution in [3.63, 3.8) is 0 Å². The second-order valence-corrected chi connectivity index (χ2v) is 4.89. The van der Waals surface area contributed by atoms with Crippen molar-refractivity contribution < 1.29 is 5.11 Å². The predicted molar refractivity (Wildman–Crippen MR) is 79.0 cm³/mol. The number of aliphatic hydroxyl groups is 1. The summed E-state index contributed by atoms with van der Waals surface area (Å²) in [6, 6.07) is 18.6. The van der Waals surface area contributed by atoms with Crippen LogP contribution in [0.15, 0.2) is 54.6 Å². The molecule has 2 unspecified atom stereocenters. The number of benzene rings is 2. The molecule has 2 rings (SSSR count). The highest BCUT2D eigenvalue weighted by molar-refractivity contribution is 5.29. The number of aryl methyl sites for hydroxylation is 1. The van der Waals surface area contributed by atoms with Gasteiger partial charge in [0.2, 0.25) is 0 Å². The smallest absolute Gasteiger partial charge is 0.0626 e. The fourth-order valence-corrected chi connectivity index (χ4v) is 2.40. The first-order valence-electron chi connectivity index (χ1n) is 6.69. The Morgan fingerprint density at radius 1 is 1.00 bits per heavy atom. The Bertz CT molecular complexity index is 510. The van der Waals surface area contributed by atoms with Crippen molar-refractivity contribution in [1.29, 1.82) is 0 Å². The van der Waals surface area contributed by atoms with Crippen molar-refractivity contribution in [1.82, 2.24) is 5.32 Å². The molecule has 0 amide bonds. The first-order valence-corrected chi connectivity index (χ1v) is 6.69. The van der Waals surface area contributed by atoms with Crippen molar-refractivity contribution in [2.75, 3.05) is 6.61 Å². The van der Waals surface area contributed by atoms with E-state index in [2.05, 4.69) is 37.4 Å².